The summed E-state index contributed by atoms with van der Waals surface area (Å²) in [5.74, 6) is -0.0553. The Hall–Kier alpha value is -1.74. The summed E-state index contributed by atoms with van der Waals surface area (Å²) >= 11 is 1.39. The zero-order valence-electron chi connectivity index (χ0n) is 9.96. The van der Waals surface area contributed by atoms with E-state index < -0.39 is 0 Å². The lowest BCUT2D eigenvalue weighted by Gasteiger charge is -2.00. The van der Waals surface area contributed by atoms with Crippen LogP contribution in [0.25, 0.3) is 0 Å². The van der Waals surface area contributed by atoms with Crippen LogP contribution >= 0.6 is 11.3 Å². The predicted molar refractivity (Wildman–Crippen MR) is 73.0 cm³/mol. The van der Waals surface area contributed by atoms with E-state index in [1.165, 1.54) is 11.3 Å². The molecular formula is C15H14O2S. The quantitative estimate of drug-likeness (QED) is 0.587. The minimum atomic E-state index is -0.0666. The van der Waals surface area contributed by atoms with E-state index >= 15 is 0 Å². The second-order valence-electron chi connectivity index (χ2n) is 4.10. The molecule has 0 atom stereocenters. The fourth-order valence-corrected chi connectivity index (χ4v) is 2.38. The third kappa shape index (κ3) is 3.64. The zero-order chi connectivity index (χ0) is 12.8. The standard InChI is InChI=1S/C15H14O2S/c16-13(9-8-12-5-2-1-3-6-12)11-14(17)15-7-4-10-18-15/h1-7,10H,8-9,11H2. The van der Waals surface area contributed by atoms with Crippen molar-refractivity contribution in [1.82, 2.24) is 0 Å². The smallest absolute Gasteiger partial charge is 0.180 e. The SMILES string of the molecule is O=C(CCc1ccccc1)CC(=O)c1cccs1. The minimum absolute atomic E-state index is 0.0113. The highest BCUT2D eigenvalue weighted by molar-refractivity contribution is 7.12. The molecule has 2 rings (SSSR count). The average molecular weight is 258 g/mol. The highest BCUT2D eigenvalue weighted by atomic mass is 32.1. The number of Topliss-reactive ketones (excluding diaryl/α,β-unsaturated/α-hetero) is 2. The molecule has 0 N–H and O–H groups in total. The van der Waals surface area contributed by atoms with Crippen molar-refractivity contribution in [3.8, 4) is 0 Å². The Morgan fingerprint density at radius 1 is 1.00 bits per heavy atom. The summed E-state index contributed by atoms with van der Waals surface area (Å²) in [6.45, 7) is 0. The molecule has 0 bridgehead atoms. The van der Waals surface area contributed by atoms with Crippen LogP contribution < -0.4 is 0 Å². The van der Waals surface area contributed by atoms with Crippen molar-refractivity contribution >= 4 is 22.9 Å². The molecule has 3 heteroatoms. The number of aryl methyl sites for hydroxylation is 1. The summed E-state index contributed by atoms with van der Waals surface area (Å²) in [6, 6.07) is 13.4. The summed E-state index contributed by atoms with van der Waals surface area (Å²) in [7, 11) is 0. The van der Waals surface area contributed by atoms with Gasteiger partial charge in [0.1, 0.15) is 5.78 Å². The summed E-state index contributed by atoms with van der Waals surface area (Å²) in [4.78, 5) is 24.1. The van der Waals surface area contributed by atoms with Crippen molar-refractivity contribution in [2.45, 2.75) is 19.3 Å². The Kier molecular flexibility index (Phi) is 4.42. The van der Waals surface area contributed by atoms with Crippen LogP contribution in [0.15, 0.2) is 47.8 Å². The van der Waals surface area contributed by atoms with Crippen molar-refractivity contribution in [1.29, 1.82) is 0 Å². The predicted octanol–water partition coefficient (Wildman–Crippen LogP) is 3.52. The number of thiophene rings is 1. The normalized spacial score (nSPS) is 10.2. The van der Waals surface area contributed by atoms with Gasteiger partial charge in [0, 0.05) is 6.42 Å². The van der Waals surface area contributed by atoms with Gasteiger partial charge in [0.2, 0.25) is 0 Å². The van der Waals surface area contributed by atoms with Crippen molar-refractivity contribution in [2.24, 2.45) is 0 Å². The fourth-order valence-electron chi connectivity index (χ4n) is 1.72. The Morgan fingerprint density at radius 3 is 2.44 bits per heavy atom. The largest absolute Gasteiger partial charge is 0.299 e. The van der Waals surface area contributed by atoms with Gasteiger partial charge in [0.05, 0.1) is 11.3 Å². The van der Waals surface area contributed by atoms with E-state index in [9.17, 15) is 9.59 Å². The van der Waals surface area contributed by atoms with Crippen LogP contribution in [0.1, 0.15) is 28.1 Å². The molecule has 1 aromatic carbocycles. The number of hydrogen-bond donors (Lipinski definition) is 0. The van der Waals surface area contributed by atoms with Gasteiger partial charge < -0.3 is 0 Å². The van der Waals surface area contributed by atoms with E-state index in [0.29, 0.717) is 17.7 Å². The Labute approximate surface area is 110 Å². The molecular weight excluding hydrogens is 244 g/mol. The summed E-state index contributed by atoms with van der Waals surface area (Å²) in [6.07, 6.45) is 1.16. The monoisotopic (exact) mass is 258 g/mol. The molecule has 0 aliphatic rings. The molecule has 0 radical (unpaired) electrons. The van der Waals surface area contributed by atoms with Gasteiger partial charge in [-0.05, 0) is 23.4 Å². The van der Waals surface area contributed by atoms with Gasteiger partial charge in [-0.3, -0.25) is 9.59 Å². The number of ketones is 2. The summed E-state index contributed by atoms with van der Waals surface area (Å²) in [5.41, 5.74) is 1.13. The first kappa shape index (κ1) is 12.7. The highest BCUT2D eigenvalue weighted by Crippen LogP contribution is 2.12. The molecule has 0 spiro atoms. The van der Waals surface area contributed by atoms with Crippen LogP contribution in [0.2, 0.25) is 0 Å². The van der Waals surface area contributed by atoms with Crippen LogP contribution in [0.4, 0.5) is 0 Å². The van der Waals surface area contributed by atoms with E-state index in [4.69, 9.17) is 0 Å². The lowest BCUT2D eigenvalue weighted by Crippen LogP contribution is -2.07. The third-order valence-corrected chi connectivity index (χ3v) is 3.60. The van der Waals surface area contributed by atoms with Crippen LogP contribution in [0.3, 0.4) is 0 Å². The minimum Gasteiger partial charge on any atom is -0.299 e. The van der Waals surface area contributed by atoms with Gasteiger partial charge in [0.25, 0.3) is 0 Å². The molecule has 18 heavy (non-hydrogen) atoms. The maximum absolute atomic E-state index is 11.7. The number of carbonyl (C=O) groups is 2. The topological polar surface area (TPSA) is 34.1 Å². The van der Waals surface area contributed by atoms with E-state index in [-0.39, 0.29) is 18.0 Å². The Balaban J connectivity index is 1.81. The molecule has 92 valence electrons. The molecule has 2 aromatic rings. The first-order valence-electron chi connectivity index (χ1n) is 5.88. The maximum Gasteiger partial charge on any atom is 0.180 e. The Morgan fingerprint density at radius 2 is 1.78 bits per heavy atom. The van der Waals surface area contributed by atoms with Crippen molar-refractivity contribution in [2.75, 3.05) is 0 Å². The molecule has 0 saturated carbocycles. The van der Waals surface area contributed by atoms with Crippen LogP contribution in [-0.4, -0.2) is 11.6 Å². The average Bonchev–Trinajstić information content (AvgIpc) is 2.91. The number of benzene rings is 1. The molecule has 0 aliphatic carbocycles. The van der Waals surface area contributed by atoms with E-state index in [2.05, 4.69) is 0 Å². The molecule has 0 fully saturated rings. The number of rotatable bonds is 6. The van der Waals surface area contributed by atoms with Gasteiger partial charge >= 0.3 is 0 Å². The molecule has 0 unspecified atom stereocenters. The summed E-state index contributed by atoms with van der Waals surface area (Å²) in [5, 5.41) is 1.85. The van der Waals surface area contributed by atoms with Gasteiger partial charge in [0.15, 0.2) is 5.78 Å². The molecule has 0 saturated heterocycles. The highest BCUT2D eigenvalue weighted by Gasteiger charge is 2.12. The number of carbonyl (C=O) groups excluding carboxylic acids is 2. The van der Waals surface area contributed by atoms with E-state index in [1.54, 1.807) is 6.07 Å². The van der Waals surface area contributed by atoms with Gasteiger partial charge in [-0.2, -0.15) is 0 Å². The second-order valence-corrected chi connectivity index (χ2v) is 5.05. The molecule has 2 nitrogen and oxygen atoms in total. The van der Waals surface area contributed by atoms with E-state index in [0.717, 1.165) is 5.56 Å². The summed E-state index contributed by atoms with van der Waals surface area (Å²) < 4.78 is 0. The lowest BCUT2D eigenvalue weighted by atomic mass is 10.0. The Bertz CT molecular complexity index is 515. The van der Waals surface area contributed by atoms with Crippen molar-refractivity contribution < 1.29 is 9.59 Å². The van der Waals surface area contributed by atoms with Gasteiger partial charge in [-0.25, -0.2) is 0 Å². The molecule has 0 amide bonds. The molecule has 1 aromatic heterocycles. The van der Waals surface area contributed by atoms with Gasteiger partial charge in [-0.15, -0.1) is 11.3 Å². The van der Waals surface area contributed by atoms with E-state index in [1.807, 2.05) is 41.8 Å². The molecule has 1 heterocycles. The van der Waals surface area contributed by atoms with Crippen LogP contribution in [0.5, 0.6) is 0 Å². The first-order valence-corrected chi connectivity index (χ1v) is 6.76. The number of hydrogen-bond acceptors (Lipinski definition) is 3. The first-order chi connectivity index (χ1) is 8.75. The van der Waals surface area contributed by atoms with Crippen molar-refractivity contribution in [3.05, 3.63) is 58.3 Å². The third-order valence-electron chi connectivity index (χ3n) is 2.69. The van der Waals surface area contributed by atoms with Crippen LogP contribution in [0, 0.1) is 0 Å². The fraction of sp³-hybridized carbons (Fsp3) is 0.200. The van der Waals surface area contributed by atoms with Crippen molar-refractivity contribution in [3.63, 3.8) is 0 Å². The second kappa shape index (κ2) is 6.26. The lowest BCUT2D eigenvalue weighted by molar-refractivity contribution is -0.118. The maximum atomic E-state index is 11.7. The van der Waals surface area contributed by atoms with Crippen LogP contribution in [-0.2, 0) is 11.2 Å². The molecule has 0 aliphatic heterocycles. The van der Waals surface area contributed by atoms with Gasteiger partial charge in [-0.1, -0.05) is 36.4 Å². The zero-order valence-corrected chi connectivity index (χ0v) is 10.8.